The molecule has 1 aromatic carbocycles. The highest BCUT2D eigenvalue weighted by molar-refractivity contribution is 6.61. The Kier molecular flexibility index (Phi) is 4.36. The van der Waals surface area contributed by atoms with Crippen molar-refractivity contribution in [3.8, 4) is 0 Å². The Labute approximate surface area is 106 Å². The van der Waals surface area contributed by atoms with E-state index in [-0.39, 0.29) is 6.23 Å². The second-order valence-electron chi connectivity index (χ2n) is 3.90. The lowest BCUT2D eigenvalue weighted by Crippen LogP contribution is -2.46. The molecule has 92 valence electrons. The van der Waals surface area contributed by atoms with E-state index in [1.54, 1.807) is 0 Å². The standard InChI is InChI=1S/C12H15ClN2O2/c13-12(16)17-11(10-4-2-1-3-5-10)15-8-6-14-7-9-15/h1-5,11,14H,6-9H2. The summed E-state index contributed by atoms with van der Waals surface area (Å²) in [5, 5.41) is 3.26. The number of nitrogens with zero attached hydrogens (tertiary/aromatic N) is 1. The van der Waals surface area contributed by atoms with Gasteiger partial charge in [-0.2, -0.15) is 0 Å². The minimum Gasteiger partial charge on any atom is -0.430 e. The zero-order valence-electron chi connectivity index (χ0n) is 9.43. The molecule has 0 saturated carbocycles. The van der Waals surface area contributed by atoms with Gasteiger partial charge in [-0.25, -0.2) is 4.79 Å². The van der Waals surface area contributed by atoms with Crippen molar-refractivity contribution in [2.45, 2.75) is 6.23 Å². The van der Waals surface area contributed by atoms with E-state index in [0.717, 1.165) is 31.7 Å². The predicted molar refractivity (Wildman–Crippen MR) is 66.0 cm³/mol. The summed E-state index contributed by atoms with van der Waals surface area (Å²) in [5.74, 6) is 0. The van der Waals surface area contributed by atoms with E-state index in [4.69, 9.17) is 16.3 Å². The summed E-state index contributed by atoms with van der Waals surface area (Å²) in [6.07, 6.45) is -0.386. The van der Waals surface area contributed by atoms with Crippen LogP contribution in [0.25, 0.3) is 0 Å². The van der Waals surface area contributed by atoms with Crippen LogP contribution >= 0.6 is 11.6 Å². The molecule has 1 aliphatic rings. The summed E-state index contributed by atoms with van der Waals surface area (Å²) in [6, 6.07) is 9.65. The van der Waals surface area contributed by atoms with E-state index in [0.29, 0.717) is 0 Å². The lowest BCUT2D eigenvalue weighted by atomic mass is 10.1. The molecule has 1 atom stereocenters. The number of carbonyl (C=O) groups excluding carboxylic acids is 1. The molecule has 0 aliphatic carbocycles. The molecule has 1 heterocycles. The zero-order valence-corrected chi connectivity index (χ0v) is 10.2. The van der Waals surface area contributed by atoms with Gasteiger partial charge in [-0.3, -0.25) is 4.90 Å². The quantitative estimate of drug-likeness (QED) is 0.838. The van der Waals surface area contributed by atoms with Crippen LogP contribution in [-0.2, 0) is 4.74 Å². The highest BCUT2D eigenvalue weighted by Crippen LogP contribution is 2.23. The Bertz CT molecular complexity index is 366. The molecule has 0 radical (unpaired) electrons. The third-order valence-electron chi connectivity index (χ3n) is 2.77. The molecule has 1 unspecified atom stereocenters. The van der Waals surface area contributed by atoms with Crippen LogP contribution in [0.2, 0.25) is 0 Å². The SMILES string of the molecule is O=C(Cl)OC(c1ccccc1)N1CCNCC1. The van der Waals surface area contributed by atoms with Gasteiger partial charge in [-0.15, -0.1) is 0 Å². The summed E-state index contributed by atoms with van der Waals surface area (Å²) in [4.78, 5) is 13.1. The van der Waals surface area contributed by atoms with Crippen LogP contribution in [0.15, 0.2) is 30.3 Å². The first-order valence-electron chi connectivity index (χ1n) is 5.63. The van der Waals surface area contributed by atoms with Crippen LogP contribution in [0.1, 0.15) is 11.8 Å². The molecule has 1 aromatic rings. The number of hydrogen-bond acceptors (Lipinski definition) is 4. The van der Waals surface area contributed by atoms with Crippen LogP contribution in [0.5, 0.6) is 0 Å². The highest BCUT2D eigenvalue weighted by atomic mass is 35.5. The number of carbonyl (C=O) groups is 1. The molecule has 1 N–H and O–H groups in total. The molecular weight excluding hydrogens is 240 g/mol. The Morgan fingerprint density at radius 3 is 2.53 bits per heavy atom. The first-order chi connectivity index (χ1) is 8.27. The van der Waals surface area contributed by atoms with Crippen LogP contribution < -0.4 is 5.32 Å². The predicted octanol–water partition coefficient (Wildman–Crippen LogP) is 1.97. The molecule has 0 spiro atoms. The van der Waals surface area contributed by atoms with Gasteiger partial charge in [-0.1, -0.05) is 30.3 Å². The topological polar surface area (TPSA) is 41.6 Å². The van der Waals surface area contributed by atoms with Gasteiger partial charge in [0.1, 0.15) is 0 Å². The van der Waals surface area contributed by atoms with Crippen molar-refractivity contribution in [3.05, 3.63) is 35.9 Å². The summed E-state index contributed by atoms with van der Waals surface area (Å²) >= 11 is 5.34. The molecule has 1 fully saturated rings. The van der Waals surface area contributed by atoms with Crippen LogP contribution in [0.4, 0.5) is 4.79 Å². The number of nitrogens with one attached hydrogen (secondary N) is 1. The maximum atomic E-state index is 11.0. The largest absolute Gasteiger partial charge is 0.430 e. The minimum atomic E-state index is -0.766. The third kappa shape index (κ3) is 3.43. The third-order valence-corrected chi connectivity index (χ3v) is 2.86. The summed E-state index contributed by atoms with van der Waals surface area (Å²) in [7, 11) is 0. The van der Waals surface area contributed by atoms with E-state index in [9.17, 15) is 4.79 Å². The van der Waals surface area contributed by atoms with Gasteiger partial charge in [0.15, 0.2) is 6.23 Å². The first-order valence-corrected chi connectivity index (χ1v) is 6.01. The Morgan fingerprint density at radius 2 is 1.94 bits per heavy atom. The average molecular weight is 255 g/mol. The fraction of sp³-hybridized carbons (Fsp3) is 0.417. The normalized spacial score (nSPS) is 18.6. The van der Waals surface area contributed by atoms with Gasteiger partial charge < -0.3 is 10.1 Å². The van der Waals surface area contributed by atoms with Crippen molar-refractivity contribution in [3.63, 3.8) is 0 Å². The monoisotopic (exact) mass is 254 g/mol. The van der Waals surface area contributed by atoms with Crippen LogP contribution in [0.3, 0.4) is 0 Å². The number of ether oxygens (including phenoxy) is 1. The molecule has 17 heavy (non-hydrogen) atoms. The van der Waals surface area contributed by atoms with Crippen molar-refractivity contribution in [2.24, 2.45) is 0 Å². The Morgan fingerprint density at radius 1 is 1.29 bits per heavy atom. The van der Waals surface area contributed by atoms with Crippen molar-refractivity contribution in [1.82, 2.24) is 10.2 Å². The molecule has 4 nitrogen and oxygen atoms in total. The molecule has 1 aliphatic heterocycles. The van der Waals surface area contributed by atoms with Gasteiger partial charge in [0.2, 0.25) is 0 Å². The number of rotatable bonds is 3. The molecule has 0 amide bonds. The van der Waals surface area contributed by atoms with E-state index in [1.807, 2.05) is 30.3 Å². The van der Waals surface area contributed by atoms with E-state index < -0.39 is 5.43 Å². The van der Waals surface area contributed by atoms with Crippen molar-refractivity contribution < 1.29 is 9.53 Å². The van der Waals surface area contributed by atoms with Crippen LogP contribution in [-0.4, -0.2) is 36.5 Å². The average Bonchev–Trinajstić information content (AvgIpc) is 2.38. The fourth-order valence-corrected chi connectivity index (χ4v) is 2.06. The first kappa shape index (κ1) is 12.4. The van der Waals surface area contributed by atoms with Crippen molar-refractivity contribution in [2.75, 3.05) is 26.2 Å². The number of benzene rings is 1. The Balaban J connectivity index is 2.15. The van der Waals surface area contributed by atoms with Crippen molar-refractivity contribution in [1.29, 1.82) is 0 Å². The van der Waals surface area contributed by atoms with Gasteiger partial charge >= 0.3 is 5.43 Å². The second-order valence-corrected chi connectivity index (χ2v) is 4.21. The zero-order chi connectivity index (χ0) is 12.1. The lowest BCUT2D eigenvalue weighted by molar-refractivity contribution is -0.0108. The van der Waals surface area contributed by atoms with Gasteiger partial charge in [0.25, 0.3) is 0 Å². The molecule has 2 rings (SSSR count). The summed E-state index contributed by atoms with van der Waals surface area (Å²) in [6.45, 7) is 3.46. The maximum Gasteiger partial charge on any atom is 0.405 e. The maximum absolute atomic E-state index is 11.0. The molecular formula is C12H15ClN2O2. The minimum absolute atomic E-state index is 0.386. The molecule has 0 bridgehead atoms. The van der Waals surface area contributed by atoms with Gasteiger partial charge in [0.05, 0.1) is 0 Å². The fourth-order valence-electron chi connectivity index (χ4n) is 1.98. The van der Waals surface area contributed by atoms with Crippen molar-refractivity contribution >= 4 is 17.0 Å². The van der Waals surface area contributed by atoms with Gasteiger partial charge in [-0.05, 0) is 0 Å². The number of hydrogen-bond donors (Lipinski definition) is 1. The van der Waals surface area contributed by atoms with E-state index in [1.165, 1.54) is 0 Å². The summed E-state index contributed by atoms with van der Waals surface area (Å²) in [5.41, 5.74) is 0.181. The smallest absolute Gasteiger partial charge is 0.405 e. The summed E-state index contributed by atoms with van der Waals surface area (Å²) < 4.78 is 5.20. The number of piperazine rings is 1. The number of halogens is 1. The Hall–Kier alpha value is -1.10. The van der Waals surface area contributed by atoms with Gasteiger partial charge in [0, 0.05) is 43.3 Å². The lowest BCUT2D eigenvalue weighted by Gasteiger charge is -2.33. The molecule has 1 saturated heterocycles. The van der Waals surface area contributed by atoms with Crippen LogP contribution in [0, 0.1) is 0 Å². The van der Waals surface area contributed by atoms with E-state index >= 15 is 0 Å². The molecule has 5 heteroatoms. The molecule has 0 aromatic heterocycles. The highest BCUT2D eigenvalue weighted by Gasteiger charge is 2.24. The van der Waals surface area contributed by atoms with E-state index in [2.05, 4.69) is 10.2 Å². The second kappa shape index (κ2) is 6.00.